The molecule has 0 atom stereocenters. The van der Waals surface area contributed by atoms with E-state index < -0.39 is 0 Å². The van der Waals surface area contributed by atoms with Crippen molar-refractivity contribution in [2.45, 2.75) is 26.2 Å². The van der Waals surface area contributed by atoms with E-state index in [0.717, 1.165) is 32.5 Å². The van der Waals surface area contributed by atoms with Gasteiger partial charge in [0.05, 0.1) is 0 Å². The summed E-state index contributed by atoms with van der Waals surface area (Å²) in [4.78, 5) is 13.9. The van der Waals surface area contributed by atoms with Crippen LogP contribution in [0.1, 0.15) is 31.7 Å². The van der Waals surface area contributed by atoms with Crippen LogP contribution in [0.5, 0.6) is 0 Å². The smallest absolute Gasteiger partial charge is 0.220 e. The average Bonchev–Trinajstić information content (AvgIpc) is 2.50. The summed E-state index contributed by atoms with van der Waals surface area (Å²) < 4.78 is 0. The fourth-order valence-electron chi connectivity index (χ4n) is 2.95. The molecule has 1 aromatic rings. The number of nitrogens with zero attached hydrogens (tertiary/aromatic N) is 1. The summed E-state index contributed by atoms with van der Waals surface area (Å²) >= 11 is 0. The maximum Gasteiger partial charge on any atom is 0.220 e. The predicted octanol–water partition coefficient (Wildman–Crippen LogP) is 2.94. The third-order valence-corrected chi connectivity index (χ3v) is 4.15. The minimum Gasteiger partial charge on any atom is -0.359 e. The molecule has 0 unspecified atom stereocenters. The third kappa shape index (κ3) is 5.35. The second-order valence-electron chi connectivity index (χ2n) is 6.00. The number of piperidine rings is 1. The van der Waals surface area contributed by atoms with Crippen molar-refractivity contribution in [3.05, 3.63) is 41.5 Å². The van der Waals surface area contributed by atoms with Gasteiger partial charge in [0, 0.05) is 20.0 Å². The molecule has 0 spiro atoms. The van der Waals surface area contributed by atoms with Gasteiger partial charge in [0.15, 0.2) is 0 Å². The Morgan fingerprint density at radius 2 is 1.95 bits per heavy atom. The standard InChI is InChI=1S/C18H26N2O/c1-15(12-16-6-4-3-5-7-16)14-20-10-8-17(9-11-20)13-18(21)19-2/h3-7,12,17H,8-11,13-14H2,1-2H3,(H,19,21)/b15-12+. The van der Waals surface area contributed by atoms with E-state index in [-0.39, 0.29) is 5.91 Å². The summed E-state index contributed by atoms with van der Waals surface area (Å²) in [6.07, 6.45) is 5.21. The SMILES string of the molecule is CNC(=O)CC1CCN(C/C(C)=C/c2ccccc2)CC1. The molecule has 0 aliphatic carbocycles. The van der Waals surface area contributed by atoms with E-state index in [2.05, 4.69) is 47.5 Å². The van der Waals surface area contributed by atoms with Crippen LogP contribution in [0.15, 0.2) is 35.9 Å². The predicted molar refractivity (Wildman–Crippen MR) is 87.9 cm³/mol. The van der Waals surface area contributed by atoms with E-state index in [4.69, 9.17) is 0 Å². The van der Waals surface area contributed by atoms with Gasteiger partial charge in [-0.3, -0.25) is 9.69 Å². The molecule has 0 aromatic heterocycles. The van der Waals surface area contributed by atoms with Crippen LogP contribution >= 0.6 is 0 Å². The zero-order valence-electron chi connectivity index (χ0n) is 13.1. The number of hydrogen-bond acceptors (Lipinski definition) is 2. The highest BCUT2D eigenvalue weighted by Gasteiger charge is 2.20. The first-order valence-electron chi connectivity index (χ1n) is 7.82. The van der Waals surface area contributed by atoms with Crippen molar-refractivity contribution in [3.8, 4) is 0 Å². The summed E-state index contributed by atoms with van der Waals surface area (Å²) in [6.45, 7) is 5.43. The molecule has 1 aromatic carbocycles. The van der Waals surface area contributed by atoms with E-state index in [0.29, 0.717) is 12.3 Å². The molecule has 1 saturated heterocycles. The molecule has 1 N–H and O–H groups in total. The highest BCUT2D eigenvalue weighted by molar-refractivity contribution is 5.75. The number of likely N-dealkylation sites (tertiary alicyclic amines) is 1. The first-order chi connectivity index (χ1) is 10.2. The molecule has 3 heteroatoms. The van der Waals surface area contributed by atoms with Gasteiger partial charge in [-0.1, -0.05) is 42.0 Å². The molecule has 1 amide bonds. The van der Waals surface area contributed by atoms with Crippen molar-refractivity contribution in [3.63, 3.8) is 0 Å². The molecule has 2 rings (SSSR count). The quantitative estimate of drug-likeness (QED) is 0.902. The van der Waals surface area contributed by atoms with Crippen molar-refractivity contribution in [2.24, 2.45) is 5.92 Å². The first kappa shape index (κ1) is 15.8. The van der Waals surface area contributed by atoms with Gasteiger partial charge in [-0.2, -0.15) is 0 Å². The Bertz CT molecular complexity index is 473. The van der Waals surface area contributed by atoms with E-state index in [1.165, 1.54) is 11.1 Å². The normalized spacial score (nSPS) is 17.7. The maximum absolute atomic E-state index is 11.4. The van der Waals surface area contributed by atoms with Gasteiger partial charge in [-0.25, -0.2) is 0 Å². The van der Waals surface area contributed by atoms with Gasteiger partial charge in [0.25, 0.3) is 0 Å². The highest BCUT2D eigenvalue weighted by atomic mass is 16.1. The second kappa shape index (κ2) is 7.99. The minimum absolute atomic E-state index is 0.175. The summed E-state index contributed by atoms with van der Waals surface area (Å²) in [5, 5.41) is 2.72. The van der Waals surface area contributed by atoms with E-state index in [9.17, 15) is 4.79 Å². The van der Waals surface area contributed by atoms with Gasteiger partial charge in [-0.05, 0) is 44.3 Å². The van der Waals surface area contributed by atoms with E-state index >= 15 is 0 Å². The molecule has 1 aliphatic heterocycles. The summed E-state index contributed by atoms with van der Waals surface area (Å²) in [6, 6.07) is 10.5. The number of benzene rings is 1. The lowest BCUT2D eigenvalue weighted by molar-refractivity contribution is -0.121. The molecule has 21 heavy (non-hydrogen) atoms. The van der Waals surface area contributed by atoms with Gasteiger partial charge >= 0.3 is 0 Å². The number of rotatable bonds is 5. The number of carbonyl (C=O) groups is 1. The molecule has 3 nitrogen and oxygen atoms in total. The summed E-state index contributed by atoms with van der Waals surface area (Å²) in [5.74, 6) is 0.730. The topological polar surface area (TPSA) is 32.3 Å². The minimum atomic E-state index is 0.175. The Balaban J connectivity index is 1.78. The van der Waals surface area contributed by atoms with Crippen LogP contribution in [0, 0.1) is 5.92 Å². The molecule has 1 aliphatic rings. The fraction of sp³-hybridized carbons (Fsp3) is 0.500. The Labute approximate surface area is 128 Å². The highest BCUT2D eigenvalue weighted by Crippen LogP contribution is 2.21. The van der Waals surface area contributed by atoms with Crippen LogP contribution < -0.4 is 5.32 Å². The van der Waals surface area contributed by atoms with Crippen LogP contribution in [-0.4, -0.2) is 37.5 Å². The molecular weight excluding hydrogens is 260 g/mol. The van der Waals surface area contributed by atoms with Crippen molar-refractivity contribution in [1.29, 1.82) is 0 Å². The zero-order chi connectivity index (χ0) is 15.1. The molecular formula is C18H26N2O. The molecule has 1 fully saturated rings. The summed E-state index contributed by atoms with van der Waals surface area (Å²) in [7, 11) is 1.72. The van der Waals surface area contributed by atoms with Crippen LogP contribution in [0.4, 0.5) is 0 Å². The van der Waals surface area contributed by atoms with Crippen LogP contribution in [0.25, 0.3) is 6.08 Å². The average molecular weight is 286 g/mol. The molecule has 0 bridgehead atoms. The molecule has 0 radical (unpaired) electrons. The Hall–Kier alpha value is -1.61. The van der Waals surface area contributed by atoms with Crippen LogP contribution in [0.2, 0.25) is 0 Å². The van der Waals surface area contributed by atoms with Crippen molar-refractivity contribution >= 4 is 12.0 Å². The monoisotopic (exact) mass is 286 g/mol. The fourth-order valence-corrected chi connectivity index (χ4v) is 2.95. The maximum atomic E-state index is 11.4. The number of nitrogens with one attached hydrogen (secondary N) is 1. The van der Waals surface area contributed by atoms with Gasteiger partial charge in [-0.15, -0.1) is 0 Å². The van der Waals surface area contributed by atoms with Crippen molar-refractivity contribution in [1.82, 2.24) is 10.2 Å². The number of hydrogen-bond donors (Lipinski definition) is 1. The lowest BCUT2D eigenvalue weighted by Gasteiger charge is -2.31. The molecule has 0 saturated carbocycles. The van der Waals surface area contributed by atoms with Crippen molar-refractivity contribution < 1.29 is 4.79 Å². The molecule has 1 heterocycles. The lowest BCUT2D eigenvalue weighted by Crippen LogP contribution is -2.36. The third-order valence-electron chi connectivity index (χ3n) is 4.15. The first-order valence-corrected chi connectivity index (χ1v) is 7.82. The Morgan fingerprint density at radius 1 is 1.29 bits per heavy atom. The van der Waals surface area contributed by atoms with E-state index in [1.807, 2.05) is 6.07 Å². The lowest BCUT2D eigenvalue weighted by atomic mass is 9.93. The number of amides is 1. The van der Waals surface area contributed by atoms with Gasteiger partial charge in [0.2, 0.25) is 5.91 Å². The summed E-state index contributed by atoms with van der Waals surface area (Å²) in [5.41, 5.74) is 2.66. The van der Waals surface area contributed by atoms with Crippen LogP contribution in [0.3, 0.4) is 0 Å². The largest absolute Gasteiger partial charge is 0.359 e. The zero-order valence-corrected chi connectivity index (χ0v) is 13.1. The van der Waals surface area contributed by atoms with Gasteiger partial charge in [0.1, 0.15) is 0 Å². The van der Waals surface area contributed by atoms with Crippen LogP contribution in [-0.2, 0) is 4.79 Å². The van der Waals surface area contributed by atoms with E-state index in [1.54, 1.807) is 7.05 Å². The van der Waals surface area contributed by atoms with Gasteiger partial charge < -0.3 is 5.32 Å². The Morgan fingerprint density at radius 3 is 2.57 bits per heavy atom. The second-order valence-corrected chi connectivity index (χ2v) is 6.00. The Kier molecular flexibility index (Phi) is 6.00. The number of carbonyl (C=O) groups excluding carboxylic acids is 1. The molecule has 114 valence electrons. The van der Waals surface area contributed by atoms with Crippen molar-refractivity contribution in [2.75, 3.05) is 26.7 Å².